The molecule has 0 aliphatic carbocycles. The smallest absolute Gasteiger partial charge is 0.136 e. The van der Waals surface area contributed by atoms with Crippen LogP contribution in [0.1, 0.15) is 52.4 Å². The van der Waals surface area contributed by atoms with E-state index in [9.17, 15) is 4.79 Å². The number of hydrogen-bond donors (Lipinski definition) is 0. The van der Waals surface area contributed by atoms with Gasteiger partial charge in [0.1, 0.15) is 5.78 Å². The largest absolute Gasteiger partial charge is 0.300 e. The van der Waals surface area contributed by atoms with Crippen LogP contribution < -0.4 is 0 Å². The van der Waals surface area contributed by atoms with Gasteiger partial charge in [0.2, 0.25) is 0 Å². The van der Waals surface area contributed by atoms with Gasteiger partial charge in [0.15, 0.2) is 0 Å². The zero-order valence-electron chi connectivity index (χ0n) is 10.0. The van der Waals surface area contributed by atoms with Gasteiger partial charge in [-0.25, -0.2) is 0 Å². The SMILES string of the molecule is CCC(CC)CN1C2CCC1CC(=O)C2. The highest BCUT2D eigenvalue weighted by Crippen LogP contribution is 2.34. The van der Waals surface area contributed by atoms with Gasteiger partial charge in [-0.05, 0) is 18.8 Å². The van der Waals surface area contributed by atoms with Gasteiger partial charge in [0, 0.05) is 31.5 Å². The van der Waals surface area contributed by atoms with Crippen molar-refractivity contribution < 1.29 is 4.79 Å². The molecule has 0 saturated carbocycles. The van der Waals surface area contributed by atoms with Crippen LogP contribution in [-0.4, -0.2) is 29.3 Å². The molecule has 0 radical (unpaired) electrons. The molecule has 0 N–H and O–H groups in total. The van der Waals surface area contributed by atoms with Crippen LogP contribution in [-0.2, 0) is 4.79 Å². The topological polar surface area (TPSA) is 20.3 Å². The number of Topliss-reactive ketones (excluding diaryl/α,β-unsaturated/α-hetero) is 1. The molecule has 2 bridgehead atoms. The lowest BCUT2D eigenvalue weighted by Gasteiger charge is -2.36. The van der Waals surface area contributed by atoms with Crippen molar-refractivity contribution in [1.82, 2.24) is 4.90 Å². The maximum absolute atomic E-state index is 11.5. The van der Waals surface area contributed by atoms with E-state index in [1.54, 1.807) is 0 Å². The van der Waals surface area contributed by atoms with E-state index in [-0.39, 0.29) is 0 Å². The monoisotopic (exact) mass is 209 g/mol. The average Bonchev–Trinajstić information content (AvgIpc) is 2.47. The Morgan fingerprint density at radius 3 is 2.20 bits per heavy atom. The van der Waals surface area contributed by atoms with Crippen LogP contribution in [0.3, 0.4) is 0 Å². The summed E-state index contributed by atoms with van der Waals surface area (Å²) in [5, 5.41) is 0. The summed E-state index contributed by atoms with van der Waals surface area (Å²) in [5.41, 5.74) is 0. The molecule has 2 aliphatic rings. The molecule has 2 heterocycles. The second kappa shape index (κ2) is 4.65. The molecule has 86 valence electrons. The van der Waals surface area contributed by atoms with Crippen molar-refractivity contribution in [2.24, 2.45) is 5.92 Å². The van der Waals surface area contributed by atoms with Gasteiger partial charge in [0.25, 0.3) is 0 Å². The van der Waals surface area contributed by atoms with Gasteiger partial charge < -0.3 is 0 Å². The number of fused-ring (bicyclic) bond motifs is 2. The minimum atomic E-state index is 0.503. The predicted molar refractivity (Wildman–Crippen MR) is 61.8 cm³/mol. The van der Waals surface area contributed by atoms with Crippen molar-refractivity contribution in [3.8, 4) is 0 Å². The standard InChI is InChI=1S/C13H23NO/c1-3-10(4-2)9-14-11-5-6-12(14)8-13(15)7-11/h10-12H,3-9H2,1-2H3. The van der Waals surface area contributed by atoms with Crippen molar-refractivity contribution in [3.63, 3.8) is 0 Å². The normalized spacial score (nSPS) is 31.5. The molecule has 15 heavy (non-hydrogen) atoms. The average molecular weight is 209 g/mol. The lowest BCUT2D eigenvalue weighted by Crippen LogP contribution is -2.45. The number of carbonyl (C=O) groups is 1. The first-order valence-corrected chi connectivity index (χ1v) is 6.52. The Hall–Kier alpha value is -0.370. The van der Waals surface area contributed by atoms with E-state index in [0.717, 1.165) is 18.8 Å². The Morgan fingerprint density at radius 1 is 1.20 bits per heavy atom. The summed E-state index contributed by atoms with van der Waals surface area (Å²) in [6.07, 6.45) is 6.74. The molecular weight excluding hydrogens is 186 g/mol. The van der Waals surface area contributed by atoms with Gasteiger partial charge in [0.05, 0.1) is 0 Å². The number of hydrogen-bond acceptors (Lipinski definition) is 2. The summed E-state index contributed by atoms with van der Waals surface area (Å²) in [6, 6.07) is 1.19. The van der Waals surface area contributed by atoms with Crippen LogP contribution in [0.4, 0.5) is 0 Å². The minimum Gasteiger partial charge on any atom is -0.300 e. The summed E-state index contributed by atoms with van der Waals surface area (Å²) < 4.78 is 0. The zero-order valence-corrected chi connectivity index (χ0v) is 10.0. The van der Waals surface area contributed by atoms with Crippen molar-refractivity contribution in [2.45, 2.75) is 64.5 Å². The number of nitrogens with zero attached hydrogens (tertiary/aromatic N) is 1. The van der Waals surface area contributed by atoms with E-state index in [0.29, 0.717) is 17.9 Å². The van der Waals surface area contributed by atoms with Crippen LogP contribution in [0.2, 0.25) is 0 Å². The molecule has 2 unspecified atom stereocenters. The zero-order chi connectivity index (χ0) is 10.8. The fraction of sp³-hybridized carbons (Fsp3) is 0.923. The van der Waals surface area contributed by atoms with E-state index in [1.165, 1.54) is 32.2 Å². The van der Waals surface area contributed by atoms with Crippen LogP contribution in [0.5, 0.6) is 0 Å². The van der Waals surface area contributed by atoms with E-state index < -0.39 is 0 Å². The molecule has 0 aromatic rings. The molecule has 0 aromatic heterocycles. The molecule has 2 atom stereocenters. The first-order chi connectivity index (χ1) is 7.24. The highest BCUT2D eigenvalue weighted by atomic mass is 16.1. The molecule has 2 nitrogen and oxygen atoms in total. The minimum absolute atomic E-state index is 0.503. The summed E-state index contributed by atoms with van der Waals surface area (Å²) >= 11 is 0. The molecule has 2 fully saturated rings. The Balaban J connectivity index is 1.96. The Bertz CT molecular complexity index is 219. The molecular formula is C13H23NO. The van der Waals surface area contributed by atoms with E-state index in [1.807, 2.05) is 0 Å². The van der Waals surface area contributed by atoms with Crippen LogP contribution in [0, 0.1) is 5.92 Å². The molecule has 2 aliphatic heterocycles. The molecule has 2 heteroatoms. The van der Waals surface area contributed by atoms with Crippen molar-refractivity contribution in [2.75, 3.05) is 6.54 Å². The van der Waals surface area contributed by atoms with Gasteiger partial charge in [-0.1, -0.05) is 26.7 Å². The lowest BCUT2D eigenvalue weighted by molar-refractivity contribution is -0.123. The van der Waals surface area contributed by atoms with Gasteiger partial charge in [-0.2, -0.15) is 0 Å². The third kappa shape index (κ3) is 2.25. The van der Waals surface area contributed by atoms with E-state index in [4.69, 9.17) is 0 Å². The second-order valence-electron chi connectivity index (χ2n) is 5.21. The van der Waals surface area contributed by atoms with Crippen LogP contribution in [0.25, 0.3) is 0 Å². The fourth-order valence-electron chi connectivity index (χ4n) is 3.21. The van der Waals surface area contributed by atoms with Gasteiger partial charge in [-0.3, -0.25) is 9.69 Å². The third-order valence-corrected chi connectivity index (χ3v) is 4.32. The maximum Gasteiger partial charge on any atom is 0.136 e. The quantitative estimate of drug-likeness (QED) is 0.709. The number of carbonyl (C=O) groups excluding carboxylic acids is 1. The molecule has 0 aromatic carbocycles. The van der Waals surface area contributed by atoms with Crippen molar-refractivity contribution in [3.05, 3.63) is 0 Å². The summed E-state index contributed by atoms with van der Waals surface area (Å²) in [5.74, 6) is 1.34. The van der Waals surface area contributed by atoms with Crippen LogP contribution >= 0.6 is 0 Å². The number of rotatable bonds is 4. The molecule has 2 saturated heterocycles. The van der Waals surface area contributed by atoms with Gasteiger partial charge in [-0.15, -0.1) is 0 Å². The Labute approximate surface area is 93.0 Å². The van der Waals surface area contributed by atoms with E-state index in [2.05, 4.69) is 18.7 Å². The summed E-state index contributed by atoms with van der Waals surface area (Å²) in [4.78, 5) is 14.1. The highest BCUT2D eigenvalue weighted by molar-refractivity contribution is 5.80. The van der Waals surface area contributed by atoms with Crippen LogP contribution in [0.15, 0.2) is 0 Å². The first kappa shape index (κ1) is 11.1. The third-order valence-electron chi connectivity index (χ3n) is 4.32. The number of ketones is 1. The number of piperidine rings is 1. The van der Waals surface area contributed by atoms with Gasteiger partial charge >= 0.3 is 0 Å². The first-order valence-electron chi connectivity index (χ1n) is 6.52. The molecule has 0 spiro atoms. The predicted octanol–water partition coefficient (Wildman–Crippen LogP) is 2.62. The summed E-state index contributed by atoms with van der Waals surface area (Å²) in [6.45, 7) is 5.80. The van der Waals surface area contributed by atoms with Crippen molar-refractivity contribution in [1.29, 1.82) is 0 Å². The summed E-state index contributed by atoms with van der Waals surface area (Å²) in [7, 11) is 0. The Kier molecular flexibility index (Phi) is 3.45. The maximum atomic E-state index is 11.5. The fourth-order valence-corrected chi connectivity index (χ4v) is 3.21. The Morgan fingerprint density at radius 2 is 1.73 bits per heavy atom. The molecule has 2 rings (SSSR count). The van der Waals surface area contributed by atoms with E-state index >= 15 is 0 Å². The lowest BCUT2D eigenvalue weighted by atomic mass is 9.97. The second-order valence-corrected chi connectivity index (χ2v) is 5.21. The van der Waals surface area contributed by atoms with Crippen molar-refractivity contribution >= 4 is 5.78 Å². The highest BCUT2D eigenvalue weighted by Gasteiger charge is 2.40. The molecule has 0 amide bonds.